The molecule has 37 heavy (non-hydrogen) atoms. The van der Waals surface area contributed by atoms with Gasteiger partial charge in [0.1, 0.15) is 11.3 Å². The van der Waals surface area contributed by atoms with Gasteiger partial charge in [-0.2, -0.15) is 13.2 Å². The van der Waals surface area contributed by atoms with Crippen molar-refractivity contribution in [3.8, 4) is 11.1 Å². The summed E-state index contributed by atoms with van der Waals surface area (Å²) >= 11 is 0. The maximum absolute atomic E-state index is 14.0. The zero-order valence-corrected chi connectivity index (χ0v) is 20.3. The number of fused-ring (bicyclic) bond motifs is 1. The van der Waals surface area contributed by atoms with Crippen LogP contribution in [0, 0.1) is 0 Å². The van der Waals surface area contributed by atoms with Gasteiger partial charge in [0.15, 0.2) is 0 Å². The molecule has 1 N–H and O–H groups in total. The number of nitrogens with one attached hydrogen (secondary N) is 1. The van der Waals surface area contributed by atoms with Gasteiger partial charge in [-0.05, 0) is 67.4 Å². The highest BCUT2D eigenvalue weighted by atomic mass is 19.4. The fraction of sp³-hybridized carbons (Fsp3) is 0.308. The summed E-state index contributed by atoms with van der Waals surface area (Å²) in [5.41, 5.74) is 2.09. The van der Waals surface area contributed by atoms with Crippen molar-refractivity contribution >= 4 is 28.4 Å². The van der Waals surface area contributed by atoms with Crippen LogP contribution in [-0.2, 0) is 10.9 Å². The third-order valence-electron chi connectivity index (χ3n) is 6.19. The molecule has 0 aliphatic carbocycles. The van der Waals surface area contributed by atoms with Crippen LogP contribution < -0.4 is 5.32 Å². The van der Waals surface area contributed by atoms with Crippen molar-refractivity contribution in [3.05, 3.63) is 65.9 Å². The highest BCUT2D eigenvalue weighted by Gasteiger charge is 2.35. The van der Waals surface area contributed by atoms with Gasteiger partial charge in [-0.1, -0.05) is 11.3 Å². The van der Waals surface area contributed by atoms with Gasteiger partial charge in [-0.15, -0.1) is 5.10 Å². The number of anilines is 2. The summed E-state index contributed by atoms with van der Waals surface area (Å²) in [7, 11) is 0. The largest absolute Gasteiger partial charge is 0.418 e. The number of alkyl halides is 3. The number of hydrogen-bond donors (Lipinski definition) is 1. The molecule has 3 heterocycles. The Morgan fingerprint density at radius 3 is 2.51 bits per heavy atom. The lowest BCUT2D eigenvalue weighted by Gasteiger charge is -2.27. The van der Waals surface area contributed by atoms with Gasteiger partial charge in [-0.25, -0.2) is 9.67 Å². The SMILES string of the molecule is CC(C)n1nnc2ccc(-c3ccnc(Nc4ccc(C(=O)N5CCOCC5)cc4C(F)(F)F)c3)cc21. The van der Waals surface area contributed by atoms with Gasteiger partial charge >= 0.3 is 6.18 Å². The highest BCUT2D eigenvalue weighted by Crippen LogP contribution is 2.37. The lowest BCUT2D eigenvalue weighted by Crippen LogP contribution is -2.40. The molecule has 0 saturated carbocycles. The van der Waals surface area contributed by atoms with Gasteiger partial charge in [0.2, 0.25) is 0 Å². The number of rotatable bonds is 5. The first-order valence-corrected chi connectivity index (χ1v) is 11.9. The van der Waals surface area contributed by atoms with E-state index in [9.17, 15) is 18.0 Å². The van der Waals surface area contributed by atoms with Crippen LogP contribution >= 0.6 is 0 Å². The second-order valence-corrected chi connectivity index (χ2v) is 9.05. The molecule has 5 rings (SSSR count). The van der Waals surface area contributed by atoms with E-state index >= 15 is 0 Å². The van der Waals surface area contributed by atoms with Crippen molar-refractivity contribution in [3.63, 3.8) is 0 Å². The van der Waals surface area contributed by atoms with E-state index in [1.54, 1.807) is 12.1 Å². The standard InChI is InChI=1S/C26H25F3N6O2/c1-16(2)35-23-14-17(3-6-22(23)32-33-35)18-7-8-30-24(15-18)31-21-5-4-19(13-20(21)26(27,28)29)25(36)34-9-11-37-12-10-34/h3-8,13-16H,9-12H2,1-2H3,(H,30,31). The van der Waals surface area contributed by atoms with Gasteiger partial charge < -0.3 is 15.0 Å². The molecule has 2 aromatic heterocycles. The molecule has 0 radical (unpaired) electrons. The third kappa shape index (κ3) is 5.12. The summed E-state index contributed by atoms with van der Waals surface area (Å²) in [5, 5.41) is 11.2. The van der Waals surface area contributed by atoms with Crippen LogP contribution in [0.1, 0.15) is 35.8 Å². The lowest BCUT2D eigenvalue weighted by atomic mass is 10.0. The summed E-state index contributed by atoms with van der Waals surface area (Å²) in [5.74, 6) is -0.211. The zero-order valence-electron chi connectivity index (χ0n) is 20.3. The van der Waals surface area contributed by atoms with Crippen LogP contribution in [0.4, 0.5) is 24.7 Å². The van der Waals surface area contributed by atoms with E-state index in [2.05, 4.69) is 20.6 Å². The molecule has 1 aliphatic heterocycles. The summed E-state index contributed by atoms with van der Waals surface area (Å²) in [6.07, 6.45) is -3.14. The van der Waals surface area contributed by atoms with E-state index in [4.69, 9.17) is 4.74 Å². The number of ether oxygens (including phenoxy) is 1. The number of hydrogen-bond acceptors (Lipinski definition) is 6. The van der Waals surface area contributed by atoms with E-state index in [0.717, 1.165) is 28.2 Å². The number of pyridine rings is 1. The second-order valence-electron chi connectivity index (χ2n) is 9.05. The van der Waals surface area contributed by atoms with E-state index in [-0.39, 0.29) is 23.1 Å². The first kappa shape index (κ1) is 24.7. The van der Waals surface area contributed by atoms with Gasteiger partial charge in [-0.3, -0.25) is 4.79 Å². The Morgan fingerprint density at radius 2 is 1.78 bits per heavy atom. The highest BCUT2D eigenvalue weighted by molar-refractivity contribution is 5.95. The van der Waals surface area contributed by atoms with Gasteiger partial charge in [0.25, 0.3) is 5.91 Å². The van der Waals surface area contributed by atoms with Gasteiger partial charge in [0.05, 0.1) is 30.0 Å². The Morgan fingerprint density at radius 1 is 1.03 bits per heavy atom. The molecule has 1 amide bonds. The fourth-order valence-electron chi connectivity index (χ4n) is 4.28. The molecular formula is C26H25F3N6O2. The Hall–Kier alpha value is -3.99. The predicted molar refractivity (Wildman–Crippen MR) is 133 cm³/mol. The van der Waals surface area contributed by atoms with E-state index < -0.39 is 17.6 Å². The Bertz CT molecular complexity index is 1440. The van der Waals surface area contributed by atoms with Crippen molar-refractivity contribution in [2.24, 2.45) is 0 Å². The molecule has 0 unspecified atom stereocenters. The Balaban J connectivity index is 1.45. The smallest absolute Gasteiger partial charge is 0.378 e. The number of carbonyl (C=O) groups is 1. The molecule has 8 nitrogen and oxygen atoms in total. The fourth-order valence-corrected chi connectivity index (χ4v) is 4.28. The molecule has 0 bridgehead atoms. The predicted octanol–water partition coefficient (Wildman–Crippen LogP) is 5.31. The molecule has 11 heteroatoms. The Kier molecular flexibility index (Phi) is 6.55. The number of carbonyl (C=O) groups excluding carboxylic acids is 1. The van der Waals surface area contributed by atoms with E-state index in [1.807, 2.05) is 36.7 Å². The topological polar surface area (TPSA) is 85.2 Å². The number of morpholine rings is 1. The summed E-state index contributed by atoms with van der Waals surface area (Å²) < 4.78 is 49.0. The number of nitrogens with zero attached hydrogens (tertiary/aromatic N) is 5. The zero-order chi connectivity index (χ0) is 26.2. The minimum atomic E-state index is -4.67. The monoisotopic (exact) mass is 510 g/mol. The number of amides is 1. The van der Waals surface area contributed by atoms with Crippen molar-refractivity contribution in [2.75, 3.05) is 31.6 Å². The quantitative estimate of drug-likeness (QED) is 0.392. The van der Waals surface area contributed by atoms with Crippen LogP contribution in [0.2, 0.25) is 0 Å². The molecule has 192 valence electrons. The Labute approximate surface area is 211 Å². The normalized spacial score (nSPS) is 14.4. The molecule has 2 aromatic carbocycles. The van der Waals surface area contributed by atoms with Crippen LogP contribution in [0.5, 0.6) is 0 Å². The number of halogens is 3. The molecule has 0 atom stereocenters. The van der Waals surface area contributed by atoms with Crippen LogP contribution in [-0.4, -0.2) is 57.1 Å². The summed E-state index contributed by atoms with van der Waals surface area (Å²) in [6, 6.07) is 12.8. The minimum Gasteiger partial charge on any atom is -0.378 e. The van der Waals surface area contributed by atoms with Crippen LogP contribution in [0.25, 0.3) is 22.2 Å². The lowest BCUT2D eigenvalue weighted by molar-refractivity contribution is -0.136. The minimum absolute atomic E-state index is 0.0230. The average Bonchev–Trinajstić information content (AvgIpc) is 3.32. The van der Waals surface area contributed by atoms with Crippen LogP contribution in [0.3, 0.4) is 0 Å². The number of benzene rings is 2. The third-order valence-corrected chi connectivity index (χ3v) is 6.19. The molecular weight excluding hydrogens is 485 g/mol. The average molecular weight is 511 g/mol. The van der Waals surface area contributed by atoms with Crippen molar-refractivity contribution < 1.29 is 22.7 Å². The first-order chi connectivity index (χ1) is 17.7. The van der Waals surface area contributed by atoms with Crippen molar-refractivity contribution in [1.82, 2.24) is 24.9 Å². The molecule has 1 saturated heterocycles. The number of aromatic nitrogens is 4. The second kappa shape index (κ2) is 9.81. The van der Waals surface area contributed by atoms with Gasteiger partial charge in [0, 0.05) is 30.9 Å². The van der Waals surface area contributed by atoms with E-state index in [0.29, 0.717) is 26.3 Å². The van der Waals surface area contributed by atoms with E-state index in [1.165, 1.54) is 23.2 Å². The molecule has 1 fully saturated rings. The van der Waals surface area contributed by atoms with Crippen molar-refractivity contribution in [2.45, 2.75) is 26.1 Å². The molecule has 0 spiro atoms. The van der Waals surface area contributed by atoms with Crippen molar-refractivity contribution in [1.29, 1.82) is 0 Å². The summed E-state index contributed by atoms with van der Waals surface area (Å²) in [4.78, 5) is 18.5. The maximum Gasteiger partial charge on any atom is 0.418 e. The molecule has 4 aromatic rings. The maximum atomic E-state index is 14.0. The molecule has 1 aliphatic rings. The first-order valence-electron chi connectivity index (χ1n) is 11.9. The van der Waals surface area contributed by atoms with Crippen LogP contribution in [0.15, 0.2) is 54.7 Å². The summed E-state index contributed by atoms with van der Waals surface area (Å²) in [6.45, 7) is 5.43.